The van der Waals surface area contributed by atoms with Crippen LogP contribution in [0.5, 0.6) is 0 Å². The van der Waals surface area contributed by atoms with E-state index in [0.717, 1.165) is 45.2 Å². The number of thiophene rings is 1. The van der Waals surface area contributed by atoms with Crippen molar-refractivity contribution in [3.63, 3.8) is 0 Å². The molecule has 3 heterocycles. The van der Waals surface area contributed by atoms with Crippen LogP contribution >= 0.6 is 11.3 Å². The number of hydrogen-bond donors (Lipinski definition) is 2. The van der Waals surface area contributed by atoms with Crippen LogP contribution in [0.15, 0.2) is 48.0 Å². The van der Waals surface area contributed by atoms with E-state index in [1.165, 1.54) is 28.4 Å². The lowest BCUT2D eigenvalue weighted by atomic mass is 9.82. The summed E-state index contributed by atoms with van der Waals surface area (Å²) in [5.41, 5.74) is 0.482. The second kappa shape index (κ2) is 15.7. The number of hydrogen-bond acceptors (Lipinski definition) is 7. The zero-order chi connectivity index (χ0) is 33.5. The topological polar surface area (TPSA) is 120 Å². The second-order valence-corrected chi connectivity index (χ2v) is 13.4. The molecule has 0 radical (unpaired) electrons. The maximum atomic E-state index is 15.8. The molecule has 1 aliphatic carbocycles. The number of nitrogens with one attached hydrogen (secondary N) is 2. The van der Waals surface area contributed by atoms with Crippen molar-refractivity contribution in [2.45, 2.75) is 70.5 Å². The van der Waals surface area contributed by atoms with Crippen molar-refractivity contribution in [3.05, 3.63) is 64.2 Å². The Kier molecular flexibility index (Phi) is 11.4. The van der Waals surface area contributed by atoms with E-state index in [2.05, 4.69) is 20.6 Å². The summed E-state index contributed by atoms with van der Waals surface area (Å²) >= 11 is 1.28. The van der Waals surface area contributed by atoms with Crippen LogP contribution in [0.4, 0.5) is 15.9 Å². The number of likely N-dealkylation sites (N-methyl/N-ethyl adjacent to an activating group) is 1. The fraction of sp³-hybridized carbons (Fsp3) is 0.500. The number of halogens is 1. The fourth-order valence-electron chi connectivity index (χ4n) is 6.63. The van der Waals surface area contributed by atoms with Gasteiger partial charge >= 0.3 is 0 Å². The van der Waals surface area contributed by atoms with Crippen molar-refractivity contribution in [1.29, 1.82) is 0 Å². The van der Waals surface area contributed by atoms with Gasteiger partial charge < -0.3 is 20.4 Å². The normalized spacial score (nSPS) is 17.8. The van der Waals surface area contributed by atoms with Crippen molar-refractivity contribution in [2.24, 2.45) is 5.92 Å². The van der Waals surface area contributed by atoms with E-state index in [-0.39, 0.29) is 23.4 Å². The molecule has 1 aromatic carbocycles. The first-order chi connectivity index (χ1) is 22.7. The Labute approximate surface area is 279 Å². The number of anilines is 2. The summed E-state index contributed by atoms with van der Waals surface area (Å²) < 4.78 is 17.5. The Morgan fingerprint density at radius 3 is 2.49 bits per heavy atom. The molecule has 252 valence electrons. The summed E-state index contributed by atoms with van der Waals surface area (Å²) in [5, 5.41) is 11.7. The molecule has 3 atom stereocenters. The van der Waals surface area contributed by atoms with Gasteiger partial charge in [0.2, 0.25) is 18.2 Å². The average Bonchev–Trinajstić information content (AvgIpc) is 3.80. The van der Waals surface area contributed by atoms with Crippen molar-refractivity contribution in [3.8, 4) is 0 Å². The van der Waals surface area contributed by atoms with E-state index in [1.807, 2.05) is 14.0 Å². The van der Waals surface area contributed by atoms with Crippen molar-refractivity contribution in [1.82, 2.24) is 24.9 Å². The minimum atomic E-state index is -0.923. The van der Waals surface area contributed by atoms with Crippen LogP contribution in [0, 0.1) is 11.7 Å². The summed E-state index contributed by atoms with van der Waals surface area (Å²) in [6.45, 7) is 6.73. The van der Waals surface area contributed by atoms with Crippen molar-refractivity contribution in [2.75, 3.05) is 43.4 Å². The minimum absolute atomic E-state index is 0.0221. The van der Waals surface area contributed by atoms with Crippen LogP contribution in [0.2, 0.25) is 0 Å². The van der Waals surface area contributed by atoms with Gasteiger partial charge in [0.1, 0.15) is 23.7 Å². The van der Waals surface area contributed by atoms with Gasteiger partial charge in [-0.15, -0.1) is 11.3 Å². The zero-order valence-electron chi connectivity index (χ0n) is 27.2. The molecule has 2 N–H and O–H groups in total. The second-order valence-electron chi connectivity index (χ2n) is 12.4. The third-order valence-corrected chi connectivity index (χ3v) is 10.3. The number of amides is 4. The van der Waals surface area contributed by atoms with Gasteiger partial charge in [-0.05, 0) is 61.9 Å². The van der Waals surface area contributed by atoms with E-state index in [9.17, 15) is 19.2 Å². The number of rotatable bonds is 12. The first-order valence-corrected chi connectivity index (χ1v) is 17.3. The predicted molar refractivity (Wildman–Crippen MR) is 180 cm³/mol. The van der Waals surface area contributed by atoms with Gasteiger partial charge in [-0.3, -0.25) is 24.1 Å². The predicted octanol–water partition coefficient (Wildman–Crippen LogP) is 4.33. The van der Waals surface area contributed by atoms with Crippen LogP contribution in [-0.4, -0.2) is 89.0 Å². The van der Waals surface area contributed by atoms with Gasteiger partial charge in [0.15, 0.2) is 0 Å². The molecule has 47 heavy (non-hydrogen) atoms. The van der Waals surface area contributed by atoms with Gasteiger partial charge in [-0.25, -0.2) is 9.07 Å². The minimum Gasteiger partial charge on any atom is -0.339 e. The molecule has 2 aromatic heterocycles. The third-order valence-electron chi connectivity index (χ3n) is 9.43. The summed E-state index contributed by atoms with van der Waals surface area (Å²) in [6.07, 6.45) is 6.78. The summed E-state index contributed by atoms with van der Waals surface area (Å²) in [4.78, 5) is 59.0. The molecule has 0 bridgehead atoms. The van der Waals surface area contributed by atoms with Gasteiger partial charge in [-0.1, -0.05) is 38.3 Å². The highest BCUT2D eigenvalue weighted by Gasteiger charge is 2.37. The number of carbonyl (C=O) groups excluding carboxylic acids is 4. The first kappa shape index (κ1) is 34.2. The summed E-state index contributed by atoms with van der Waals surface area (Å²) in [6, 6.07) is 7.87. The molecule has 5 rings (SSSR count). The Balaban J connectivity index is 1.38. The molecule has 13 heteroatoms. The maximum absolute atomic E-state index is 15.8. The van der Waals surface area contributed by atoms with Gasteiger partial charge in [0, 0.05) is 44.7 Å². The Hall–Kier alpha value is -4.10. The van der Waals surface area contributed by atoms with E-state index >= 15 is 4.39 Å². The molecule has 2 aliphatic rings. The monoisotopic (exact) mass is 665 g/mol. The molecule has 2 fully saturated rings. The summed E-state index contributed by atoms with van der Waals surface area (Å²) in [5.74, 6) is -1.87. The molecular weight excluding hydrogens is 621 g/mol. The average molecular weight is 666 g/mol. The van der Waals surface area contributed by atoms with Crippen molar-refractivity contribution < 1.29 is 23.6 Å². The van der Waals surface area contributed by atoms with Crippen LogP contribution in [0.3, 0.4) is 0 Å². The van der Waals surface area contributed by atoms with E-state index < -0.39 is 29.7 Å². The molecule has 11 nitrogen and oxygen atoms in total. The number of aromatic nitrogens is 2. The number of aryl methyl sites for hydroxylation is 1. The lowest BCUT2D eigenvalue weighted by Gasteiger charge is -2.36. The highest BCUT2D eigenvalue weighted by atomic mass is 32.1. The van der Waals surface area contributed by atoms with Gasteiger partial charge in [-0.2, -0.15) is 5.10 Å². The maximum Gasteiger partial charge on any atom is 0.262 e. The van der Waals surface area contributed by atoms with Gasteiger partial charge in [0.05, 0.1) is 16.8 Å². The first-order valence-electron chi connectivity index (χ1n) is 16.4. The lowest BCUT2D eigenvalue weighted by molar-refractivity contribution is -0.135. The Morgan fingerprint density at radius 2 is 1.85 bits per heavy atom. The largest absolute Gasteiger partial charge is 0.339 e. The lowest BCUT2D eigenvalue weighted by Crippen LogP contribution is -2.55. The Bertz CT molecular complexity index is 1530. The molecule has 1 saturated heterocycles. The SMILES string of the molecule is CCn1nccc1N(C=O)[C@H](C(=O)Nc1ccc([C@H](C)[C@@H](NC(=O)c2cccs2)C(=O)N2CCN(C)CC2)cc1F)C1CCCCC1. The quantitative estimate of drug-likeness (QED) is 0.278. The molecule has 4 amide bonds. The highest BCUT2D eigenvalue weighted by Crippen LogP contribution is 2.33. The molecule has 1 aliphatic heterocycles. The van der Waals surface area contributed by atoms with Gasteiger partial charge in [0.25, 0.3) is 5.91 Å². The van der Waals surface area contributed by atoms with Crippen LogP contribution < -0.4 is 15.5 Å². The smallest absolute Gasteiger partial charge is 0.262 e. The summed E-state index contributed by atoms with van der Waals surface area (Å²) in [7, 11) is 2.00. The Morgan fingerprint density at radius 1 is 1.11 bits per heavy atom. The third kappa shape index (κ3) is 7.90. The van der Waals surface area contributed by atoms with Crippen LogP contribution in [0.25, 0.3) is 0 Å². The number of nitrogens with zero attached hydrogens (tertiary/aromatic N) is 5. The number of carbonyl (C=O) groups is 4. The molecule has 0 spiro atoms. The molecule has 1 saturated carbocycles. The molecule has 0 unspecified atom stereocenters. The van der Waals surface area contributed by atoms with E-state index in [4.69, 9.17) is 0 Å². The van der Waals surface area contributed by atoms with Crippen molar-refractivity contribution >= 4 is 47.0 Å². The number of benzene rings is 1. The van der Waals surface area contributed by atoms with Crippen LogP contribution in [0.1, 0.15) is 67.1 Å². The number of piperazine rings is 1. The standard InChI is InChI=1S/C34H44FN7O4S/c1-4-42-29(14-15-36-42)41(22-43)31(24-9-6-5-7-10-24)33(45)37-27-13-12-25(21-26(27)35)23(2)30(38-32(44)28-11-8-20-47-28)34(46)40-18-16-39(3)17-19-40/h8,11-15,20-24,30-31H,4-7,9-10,16-19H2,1-3H3,(H,37,45)(H,38,44)/t23-,30+,31-/m0/s1. The fourth-order valence-corrected chi connectivity index (χ4v) is 7.25. The van der Waals surface area contributed by atoms with Crippen LogP contribution in [-0.2, 0) is 20.9 Å². The highest BCUT2D eigenvalue weighted by molar-refractivity contribution is 7.12. The zero-order valence-corrected chi connectivity index (χ0v) is 28.0. The van der Waals surface area contributed by atoms with E-state index in [1.54, 1.807) is 52.3 Å². The van der Waals surface area contributed by atoms with E-state index in [0.29, 0.717) is 42.3 Å². The molecule has 3 aromatic rings. The molecular formula is C34H44FN7O4S.